The lowest BCUT2D eigenvalue weighted by Gasteiger charge is -2.07. The number of hydrogen-bond donors (Lipinski definition) is 0. The van der Waals surface area contributed by atoms with E-state index in [-0.39, 0.29) is 18.2 Å². The van der Waals surface area contributed by atoms with E-state index in [9.17, 15) is 10.1 Å². The molecule has 0 atom stereocenters. The Balaban J connectivity index is 1.71. The summed E-state index contributed by atoms with van der Waals surface area (Å²) in [7, 11) is 0. The quantitative estimate of drug-likeness (QED) is 0.534. The molecule has 0 radical (unpaired) electrons. The Kier molecular flexibility index (Phi) is 3.78. The molecule has 2 aromatic heterocycles. The number of nitro groups is 1. The topological polar surface area (TPSA) is 83.1 Å². The van der Waals surface area contributed by atoms with Crippen LogP contribution in [0, 0.1) is 10.1 Å². The molecule has 0 fully saturated rings. The van der Waals surface area contributed by atoms with Gasteiger partial charge in [-0.3, -0.25) is 0 Å². The van der Waals surface area contributed by atoms with Crippen LogP contribution in [0.4, 0.5) is 5.82 Å². The maximum absolute atomic E-state index is 10.9. The van der Waals surface area contributed by atoms with Crippen LogP contribution in [0.1, 0.15) is 5.56 Å². The summed E-state index contributed by atoms with van der Waals surface area (Å²) < 4.78 is 7.24. The summed E-state index contributed by atoms with van der Waals surface area (Å²) in [4.78, 5) is 14.0. The molecule has 0 aliphatic carbocycles. The summed E-state index contributed by atoms with van der Waals surface area (Å²) >= 11 is 0. The van der Waals surface area contributed by atoms with E-state index in [4.69, 9.17) is 4.74 Å². The van der Waals surface area contributed by atoms with Crippen LogP contribution in [-0.2, 0) is 6.61 Å². The highest BCUT2D eigenvalue weighted by Crippen LogP contribution is 2.24. The molecule has 0 spiro atoms. The molecule has 0 saturated carbocycles. The van der Waals surface area contributed by atoms with Crippen LogP contribution >= 0.6 is 0 Å². The van der Waals surface area contributed by atoms with Gasteiger partial charge < -0.3 is 14.9 Å². The number of nitrogens with zero attached hydrogens (tertiary/aromatic N) is 4. The fourth-order valence-electron chi connectivity index (χ4n) is 1.96. The molecule has 0 N–H and O–H groups in total. The number of rotatable bonds is 5. The van der Waals surface area contributed by atoms with Gasteiger partial charge in [-0.05, 0) is 45.8 Å². The summed E-state index contributed by atoms with van der Waals surface area (Å²) in [5.74, 6) is -0.126. The van der Waals surface area contributed by atoms with E-state index < -0.39 is 4.92 Å². The van der Waals surface area contributed by atoms with E-state index >= 15 is 0 Å². The van der Waals surface area contributed by atoms with Crippen molar-refractivity contribution >= 4 is 5.82 Å². The van der Waals surface area contributed by atoms with Crippen LogP contribution in [0.25, 0.3) is 5.69 Å². The van der Waals surface area contributed by atoms with Crippen LogP contribution in [-0.4, -0.2) is 19.7 Å². The lowest BCUT2D eigenvalue weighted by Crippen LogP contribution is -2.01. The van der Waals surface area contributed by atoms with Gasteiger partial charge in [-0.25, -0.2) is 4.68 Å². The summed E-state index contributed by atoms with van der Waals surface area (Å²) in [5, 5.41) is 15.0. The van der Waals surface area contributed by atoms with E-state index in [1.54, 1.807) is 16.9 Å². The first kappa shape index (κ1) is 13.7. The largest absolute Gasteiger partial charge is 0.481 e. The monoisotopic (exact) mass is 296 g/mol. The van der Waals surface area contributed by atoms with Crippen molar-refractivity contribution < 1.29 is 9.66 Å². The van der Waals surface area contributed by atoms with Gasteiger partial charge in [0, 0.05) is 12.4 Å². The van der Waals surface area contributed by atoms with Gasteiger partial charge in [0.05, 0.1) is 5.69 Å². The van der Waals surface area contributed by atoms with Gasteiger partial charge in [0.25, 0.3) is 0 Å². The highest BCUT2D eigenvalue weighted by atomic mass is 16.6. The van der Waals surface area contributed by atoms with Crippen molar-refractivity contribution in [2.24, 2.45) is 0 Å². The van der Waals surface area contributed by atoms with Crippen molar-refractivity contribution in [1.29, 1.82) is 0 Å². The lowest BCUT2D eigenvalue weighted by molar-refractivity contribution is -0.390. The molecule has 110 valence electrons. The zero-order valence-corrected chi connectivity index (χ0v) is 11.5. The van der Waals surface area contributed by atoms with E-state index in [1.165, 1.54) is 12.3 Å². The average Bonchev–Trinajstić information content (AvgIpc) is 3.08. The second-order valence-corrected chi connectivity index (χ2v) is 4.49. The van der Waals surface area contributed by atoms with Gasteiger partial charge in [0.2, 0.25) is 5.75 Å². The molecule has 0 unspecified atom stereocenters. The van der Waals surface area contributed by atoms with Gasteiger partial charge in [-0.1, -0.05) is 12.1 Å². The molecule has 3 aromatic rings. The maximum Gasteiger partial charge on any atom is 0.406 e. The highest BCUT2D eigenvalue weighted by Gasteiger charge is 2.15. The zero-order valence-electron chi connectivity index (χ0n) is 11.5. The molecule has 0 bridgehead atoms. The summed E-state index contributed by atoms with van der Waals surface area (Å²) in [5.41, 5.74) is 1.83. The first-order valence-corrected chi connectivity index (χ1v) is 6.55. The standard InChI is InChI=1S/C15H12N4O3/c20-19(21)15-14(3-1-8-16-15)22-11-12-4-6-13(7-5-12)18-10-2-9-17-18/h1-10H,11H2. The van der Waals surface area contributed by atoms with Gasteiger partial charge in [-0.15, -0.1) is 0 Å². The van der Waals surface area contributed by atoms with Crippen molar-refractivity contribution in [2.75, 3.05) is 0 Å². The number of benzene rings is 1. The Morgan fingerprint density at radius 3 is 2.64 bits per heavy atom. The molecule has 7 nitrogen and oxygen atoms in total. The SMILES string of the molecule is O=[N+]([O-])c1ncccc1OCc1ccc(-n2cccn2)cc1. The second-order valence-electron chi connectivity index (χ2n) is 4.49. The number of pyridine rings is 1. The predicted octanol–water partition coefficient (Wildman–Crippen LogP) is 2.75. The van der Waals surface area contributed by atoms with Crippen molar-refractivity contribution in [3.05, 3.63) is 76.7 Å². The average molecular weight is 296 g/mol. The summed E-state index contributed by atoms with van der Waals surface area (Å²) in [6.45, 7) is 0.228. The second kappa shape index (κ2) is 6.04. The fraction of sp³-hybridized carbons (Fsp3) is 0.0667. The van der Waals surface area contributed by atoms with Crippen LogP contribution in [0.15, 0.2) is 61.1 Å². The maximum atomic E-state index is 10.9. The van der Waals surface area contributed by atoms with Crippen molar-refractivity contribution in [1.82, 2.24) is 14.8 Å². The first-order valence-electron chi connectivity index (χ1n) is 6.55. The summed E-state index contributed by atoms with van der Waals surface area (Å²) in [6, 6.07) is 12.6. The predicted molar refractivity (Wildman–Crippen MR) is 78.8 cm³/mol. The molecule has 0 aliphatic rings. The molecular formula is C15H12N4O3. The molecule has 3 rings (SSSR count). The van der Waals surface area contributed by atoms with E-state index in [0.29, 0.717) is 0 Å². The van der Waals surface area contributed by atoms with Crippen LogP contribution < -0.4 is 4.74 Å². The third-order valence-electron chi connectivity index (χ3n) is 3.02. The minimum atomic E-state index is -0.559. The Morgan fingerprint density at radius 1 is 1.14 bits per heavy atom. The van der Waals surface area contributed by atoms with Crippen molar-refractivity contribution in [2.45, 2.75) is 6.61 Å². The molecule has 0 aliphatic heterocycles. The molecule has 2 heterocycles. The molecule has 0 saturated heterocycles. The van der Waals surface area contributed by atoms with Gasteiger partial charge in [0.15, 0.2) is 0 Å². The van der Waals surface area contributed by atoms with E-state index in [0.717, 1.165) is 11.3 Å². The Morgan fingerprint density at radius 2 is 1.95 bits per heavy atom. The van der Waals surface area contributed by atoms with Crippen molar-refractivity contribution in [3.63, 3.8) is 0 Å². The van der Waals surface area contributed by atoms with Crippen molar-refractivity contribution in [3.8, 4) is 11.4 Å². The van der Waals surface area contributed by atoms with E-state index in [2.05, 4.69) is 10.1 Å². The molecule has 0 amide bonds. The molecule has 1 aromatic carbocycles. The lowest BCUT2D eigenvalue weighted by atomic mass is 10.2. The zero-order chi connectivity index (χ0) is 15.4. The first-order chi connectivity index (χ1) is 10.7. The van der Waals surface area contributed by atoms with Crippen LogP contribution in [0.2, 0.25) is 0 Å². The Bertz CT molecular complexity index is 770. The minimum absolute atomic E-state index is 0.156. The minimum Gasteiger partial charge on any atom is -0.481 e. The van der Waals surface area contributed by atoms with Crippen LogP contribution in [0.3, 0.4) is 0 Å². The fourth-order valence-corrected chi connectivity index (χ4v) is 1.96. The number of aromatic nitrogens is 3. The van der Waals surface area contributed by atoms with Gasteiger partial charge in [0.1, 0.15) is 12.8 Å². The highest BCUT2D eigenvalue weighted by molar-refractivity contribution is 5.39. The number of ether oxygens (including phenoxy) is 1. The van der Waals surface area contributed by atoms with Crippen LogP contribution in [0.5, 0.6) is 5.75 Å². The Labute approximate surface area is 126 Å². The third kappa shape index (κ3) is 2.93. The normalized spacial score (nSPS) is 10.4. The molecule has 22 heavy (non-hydrogen) atoms. The number of hydrogen-bond acceptors (Lipinski definition) is 5. The smallest absolute Gasteiger partial charge is 0.406 e. The van der Waals surface area contributed by atoms with E-state index in [1.807, 2.05) is 36.5 Å². The van der Waals surface area contributed by atoms with Gasteiger partial charge in [-0.2, -0.15) is 5.10 Å². The summed E-state index contributed by atoms with van der Waals surface area (Å²) in [6.07, 6.45) is 4.92. The molecular weight excluding hydrogens is 284 g/mol. The molecule has 7 heteroatoms. The Hall–Kier alpha value is -3.22. The van der Waals surface area contributed by atoms with Gasteiger partial charge >= 0.3 is 5.82 Å². The third-order valence-corrected chi connectivity index (χ3v) is 3.02.